The van der Waals surface area contributed by atoms with Gasteiger partial charge < -0.3 is 39.8 Å². The minimum atomic E-state index is -0.702. The average Bonchev–Trinajstić information content (AvgIpc) is 4.00. The fourth-order valence-electron chi connectivity index (χ4n) is 7.13. The molecule has 330 valence electrons. The number of carbonyl (C=O) groups excluding carboxylic acids is 3. The maximum atomic E-state index is 13.5. The van der Waals surface area contributed by atoms with E-state index in [0.29, 0.717) is 24.6 Å². The van der Waals surface area contributed by atoms with Crippen molar-refractivity contribution in [1.29, 1.82) is 0 Å². The number of ether oxygens (including phenoxy) is 1. The zero-order valence-electron chi connectivity index (χ0n) is 33.9. The molecule has 2 aromatic carbocycles. The minimum Gasteiger partial charge on any atom is -0.453 e. The number of imidazole rings is 2. The number of aliphatic imine (C=N–C) groups is 1. The van der Waals surface area contributed by atoms with Gasteiger partial charge in [-0.15, -0.1) is 0 Å². The largest absolute Gasteiger partial charge is 0.453 e. The first kappa shape index (κ1) is 53.7. The van der Waals surface area contributed by atoms with Crippen molar-refractivity contribution in [1.82, 2.24) is 35.1 Å². The number of nitrogens with zero attached hydrogens (tertiary/aromatic N) is 5. The number of H-pyrrole nitrogens is 2. The van der Waals surface area contributed by atoms with Crippen LogP contribution in [0.3, 0.4) is 0 Å². The van der Waals surface area contributed by atoms with Gasteiger partial charge in [-0.2, -0.15) is 58.9 Å². The van der Waals surface area contributed by atoms with E-state index >= 15 is 0 Å². The number of aliphatic hydroxyl groups is 1. The highest BCUT2D eigenvalue weighted by Gasteiger charge is 2.41. The molecule has 4 aromatic rings. The van der Waals surface area contributed by atoms with Crippen molar-refractivity contribution in [2.75, 3.05) is 27.3 Å². The molecule has 2 aliphatic rings. The molecule has 4 heterocycles. The van der Waals surface area contributed by atoms with Gasteiger partial charge in [0.2, 0.25) is 18.2 Å². The molecule has 0 saturated carbocycles. The SMILES string of the molecule is C.COOC=N[C@H](C(=O)N1C[C@H](O)C[C@H]1c1ncc(-c2ccc(C#Cc3ccc4nc([C@@H]5CCCN5C(=O)[C@@H](NC(=O)OC)C(C)C)[nH]c4c3)cc2)[nH]1)C(C)C.S.S.S.S. The number of carbonyl (C=O) groups is 3. The fraction of sp³-hybridized carbons (Fsp3) is 0.463. The number of rotatable bonds is 11. The third kappa shape index (κ3) is 12.4. The molecular weight excluding hydrogens is 845 g/mol. The van der Waals surface area contributed by atoms with Crippen LogP contribution in [0.4, 0.5) is 4.79 Å². The standard InChI is InChI=1S/C40H48N8O7.CH4.4H2S/c1-23(2)34(42-22-55-54-6)38(50)48-21-28(49)19-33(48)36-41-20-31(45-36)27-14-11-25(12-15-27)9-10-26-13-16-29-30(18-26)44-37(43-29)32-8-7-17-47(32)39(51)35(24(3)4)46-40(52)53-5;;;;;/h11-16,18,20,22-24,28,32-35,49H,7-8,17,19,21H2,1-6H3,(H,41,45)(H,43,44)(H,46,52);1H4;4*1H2/t28-,32+,33+,34+,35+;;;;;/m1...../s1. The molecule has 0 aliphatic carbocycles. The van der Waals surface area contributed by atoms with Crippen LogP contribution in [-0.2, 0) is 24.1 Å². The zero-order valence-corrected chi connectivity index (χ0v) is 37.9. The molecule has 60 heavy (non-hydrogen) atoms. The normalized spacial score (nSPS) is 17.9. The highest BCUT2D eigenvalue weighted by molar-refractivity contribution is 7.59. The van der Waals surface area contributed by atoms with Gasteiger partial charge >= 0.3 is 6.09 Å². The Morgan fingerprint density at radius 3 is 2.25 bits per heavy atom. The lowest BCUT2D eigenvalue weighted by atomic mass is 10.0. The van der Waals surface area contributed by atoms with Gasteiger partial charge in [0.15, 0.2) is 0 Å². The van der Waals surface area contributed by atoms with Crippen LogP contribution in [0, 0.1) is 23.7 Å². The fourth-order valence-corrected chi connectivity index (χ4v) is 7.13. The smallest absolute Gasteiger partial charge is 0.407 e. The van der Waals surface area contributed by atoms with Crippen LogP contribution < -0.4 is 5.32 Å². The first-order chi connectivity index (χ1) is 26.5. The molecule has 4 N–H and O–H groups in total. The number of likely N-dealkylation sites (tertiary alicyclic amines) is 2. The van der Waals surface area contributed by atoms with E-state index in [9.17, 15) is 19.5 Å². The van der Waals surface area contributed by atoms with Crippen molar-refractivity contribution >= 4 is 89.3 Å². The summed E-state index contributed by atoms with van der Waals surface area (Å²) < 4.78 is 4.75. The number of hydrogen-bond acceptors (Lipinski definition) is 10. The van der Waals surface area contributed by atoms with E-state index in [0.717, 1.165) is 52.7 Å². The molecule has 6 rings (SSSR count). The lowest BCUT2D eigenvalue weighted by Crippen LogP contribution is -2.51. The molecule has 0 bridgehead atoms. The van der Waals surface area contributed by atoms with Gasteiger partial charge in [0.05, 0.1) is 55.3 Å². The summed E-state index contributed by atoms with van der Waals surface area (Å²) >= 11 is 0. The number of aliphatic hydroxyl groups excluding tert-OH is 1. The molecule has 2 fully saturated rings. The van der Waals surface area contributed by atoms with Crippen LogP contribution in [0.2, 0.25) is 0 Å². The molecule has 2 aromatic heterocycles. The number of methoxy groups -OCH3 is 1. The number of aromatic nitrogens is 4. The molecule has 2 saturated heterocycles. The third-order valence-electron chi connectivity index (χ3n) is 10.0. The van der Waals surface area contributed by atoms with Gasteiger partial charge in [0, 0.05) is 30.6 Å². The summed E-state index contributed by atoms with van der Waals surface area (Å²) in [6.07, 6.45) is 3.48. The highest BCUT2D eigenvalue weighted by Crippen LogP contribution is 2.34. The van der Waals surface area contributed by atoms with Crippen LogP contribution in [0.5, 0.6) is 0 Å². The maximum Gasteiger partial charge on any atom is 0.407 e. The summed E-state index contributed by atoms with van der Waals surface area (Å²) in [5.41, 5.74) is 4.90. The number of alkyl carbamates (subject to hydrolysis) is 1. The number of fused-ring (bicyclic) bond motifs is 1. The van der Waals surface area contributed by atoms with Crippen LogP contribution in [-0.4, -0.2) is 105 Å². The van der Waals surface area contributed by atoms with Crippen molar-refractivity contribution in [3.8, 4) is 23.1 Å². The molecule has 5 atom stereocenters. The second-order valence-electron chi connectivity index (χ2n) is 14.5. The second-order valence-corrected chi connectivity index (χ2v) is 14.5. The van der Waals surface area contributed by atoms with E-state index in [1.165, 1.54) is 14.2 Å². The van der Waals surface area contributed by atoms with Gasteiger partial charge in [0.25, 0.3) is 0 Å². The predicted molar refractivity (Wildman–Crippen MR) is 252 cm³/mol. The summed E-state index contributed by atoms with van der Waals surface area (Å²) in [6, 6.07) is 11.5. The van der Waals surface area contributed by atoms with Crippen molar-refractivity contribution in [3.05, 3.63) is 71.4 Å². The monoisotopic (exact) mass is 904 g/mol. The Bertz CT molecular complexity index is 2100. The van der Waals surface area contributed by atoms with Crippen LogP contribution in [0.1, 0.15) is 89.2 Å². The quantitative estimate of drug-likeness (QED) is 0.0478. The van der Waals surface area contributed by atoms with Gasteiger partial charge in [-0.25, -0.2) is 19.8 Å². The van der Waals surface area contributed by atoms with Crippen molar-refractivity contribution in [2.24, 2.45) is 16.8 Å². The number of aromatic amines is 2. The first-order valence-electron chi connectivity index (χ1n) is 18.5. The lowest BCUT2D eigenvalue weighted by molar-refractivity contribution is -0.188. The van der Waals surface area contributed by atoms with Crippen LogP contribution in [0.25, 0.3) is 22.3 Å². The molecule has 3 amide bonds. The summed E-state index contributed by atoms with van der Waals surface area (Å²) in [6.45, 7) is 8.34. The number of amides is 3. The van der Waals surface area contributed by atoms with Gasteiger partial charge in [-0.05, 0) is 60.6 Å². The first-order valence-corrected chi connectivity index (χ1v) is 18.5. The topological polar surface area (TPSA) is 187 Å². The Labute approximate surface area is 379 Å². The second kappa shape index (κ2) is 24.2. The van der Waals surface area contributed by atoms with Crippen molar-refractivity contribution in [3.63, 3.8) is 0 Å². The Balaban J connectivity index is 0.00000360. The predicted octanol–water partition coefficient (Wildman–Crippen LogP) is 5.75. The van der Waals surface area contributed by atoms with E-state index in [1.54, 1.807) is 16.0 Å². The number of nitrogens with one attached hydrogen (secondary N) is 3. The van der Waals surface area contributed by atoms with Gasteiger partial charge in [-0.1, -0.05) is 59.1 Å². The average molecular weight is 905 g/mol. The van der Waals surface area contributed by atoms with Crippen LogP contribution in [0.15, 0.2) is 53.7 Å². The van der Waals surface area contributed by atoms with E-state index in [4.69, 9.17) is 14.6 Å². The summed E-state index contributed by atoms with van der Waals surface area (Å²) in [5, 5.41) is 13.2. The van der Waals surface area contributed by atoms with E-state index < -0.39 is 30.3 Å². The number of benzene rings is 2. The highest BCUT2D eigenvalue weighted by atomic mass is 32.1. The molecule has 19 heteroatoms. The Morgan fingerprint density at radius 2 is 1.60 bits per heavy atom. The zero-order chi connectivity index (χ0) is 39.2. The number of β-amino-alcohol motifs (C(OH)–C–C–N with tert-alkyl or cyclic N) is 1. The van der Waals surface area contributed by atoms with E-state index in [1.807, 2.05) is 70.2 Å². The van der Waals surface area contributed by atoms with Crippen LogP contribution >= 0.6 is 54.0 Å². The summed E-state index contributed by atoms with van der Waals surface area (Å²) in [7, 11) is 2.64. The molecule has 15 nitrogen and oxygen atoms in total. The van der Waals surface area contributed by atoms with E-state index in [-0.39, 0.29) is 97.6 Å². The van der Waals surface area contributed by atoms with Gasteiger partial charge in [0.1, 0.15) is 23.7 Å². The Hall–Kier alpha value is -4.32. The molecule has 0 radical (unpaired) electrons. The minimum absolute atomic E-state index is 0. The summed E-state index contributed by atoms with van der Waals surface area (Å²) in [5.74, 6) is 7.17. The third-order valence-corrected chi connectivity index (χ3v) is 10.0. The molecule has 2 aliphatic heterocycles. The molecule has 0 unspecified atom stereocenters. The summed E-state index contributed by atoms with van der Waals surface area (Å²) in [4.78, 5) is 72.2. The molecular formula is C41H60N8O7S4. The Kier molecular flexibility index (Phi) is 21.7. The number of hydrogen-bond donors (Lipinski definition) is 4. The van der Waals surface area contributed by atoms with E-state index in [2.05, 4.69) is 42.0 Å². The lowest BCUT2D eigenvalue weighted by Gasteiger charge is -2.29. The van der Waals surface area contributed by atoms with Crippen molar-refractivity contribution < 1.29 is 34.0 Å². The van der Waals surface area contributed by atoms with Gasteiger partial charge in [-0.3, -0.25) is 9.59 Å². The Morgan fingerprint density at radius 1 is 0.917 bits per heavy atom. The molecule has 0 spiro atoms. The maximum absolute atomic E-state index is 13.5. The van der Waals surface area contributed by atoms with Crippen molar-refractivity contribution in [2.45, 2.75) is 84.7 Å².